The molecule has 10 heteroatoms. The number of rotatable bonds is 8. The van der Waals surface area contributed by atoms with Gasteiger partial charge in [-0.2, -0.15) is 26.0 Å². The number of carbonyl (C=O) groups is 1. The fourth-order valence-corrected chi connectivity index (χ4v) is 1.61. The lowest BCUT2D eigenvalue weighted by Crippen LogP contribution is -2.46. The van der Waals surface area contributed by atoms with Crippen LogP contribution in [0.3, 0.4) is 0 Å². The van der Waals surface area contributed by atoms with Crippen LogP contribution in [0, 0.1) is 5.41 Å². The molecule has 0 rings (SSSR count). The molecular weight excluding hydrogens is 320 g/mol. The molecule has 5 nitrogen and oxygen atoms in total. The molecule has 0 aliphatic rings. The highest BCUT2D eigenvalue weighted by molar-refractivity contribution is 7.87. The molecule has 0 spiro atoms. The maximum atomic E-state index is 13.1. The van der Waals surface area contributed by atoms with Gasteiger partial charge in [-0.25, -0.2) is 0 Å². The second-order valence-corrected chi connectivity index (χ2v) is 6.64. The van der Waals surface area contributed by atoms with E-state index in [1.54, 1.807) is 20.8 Å². The van der Waals surface area contributed by atoms with Gasteiger partial charge in [0.2, 0.25) is 0 Å². The highest BCUT2D eigenvalue weighted by Crippen LogP contribution is 2.41. The predicted octanol–water partition coefficient (Wildman–Crippen LogP) is 2.86. The standard InChI is InChI=1S/C11H18F4O5S/c1-4-9(2,3)8(16)20-7-5-6-10(12,13)11(14,15)21(17,18)19/h4-7H2,1-3H3,(H,17,18,19). The summed E-state index contributed by atoms with van der Waals surface area (Å²) in [4.78, 5) is 11.5. The number of ether oxygens (including phenoxy) is 1. The Morgan fingerprint density at radius 3 is 2.05 bits per heavy atom. The summed E-state index contributed by atoms with van der Waals surface area (Å²) in [6.07, 6.45) is -1.80. The first-order valence-electron chi connectivity index (χ1n) is 6.09. The SMILES string of the molecule is CCC(C)(C)C(=O)OCCCC(F)(F)C(F)(F)S(=O)(=O)O. The zero-order valence-electron chi connectivity index (χ0n) is 11.8. The van der Waals surface area contributed by atoms with Gasteiger partial charge in [-0.05, 0) is 26.7 Å². The monoisotopic (exact) mass is 338 g/mol. The molecule has 0 saturated heterocycles. The number of hydrogen-bond donors (Lipinski definition) is 1. The Kier molecular flexibility index (Phi) is 6.19. The molecule has 0 amide bonds. The molecule has 0 aromatic carbocycles. The molecule has 0 aromatic rings. The Balaban J connectivity index is 4.52. The predicted molar refractivity (Wildman–Crippen MR) is 65.7 cm³/mol. The van der Waals surface area contributed by atoms with Crippen molar-refractivity contribution in [3.8, 4) is 0 Å². The molecule has 0 radical (unpaired) electrons. The molecule has 0 aromatic heterocycles. The summed E-state index contributed by atoms with van der Waals surface area (Å²) < 4.78 is 85.2. The molecule has 126 valence electrons. The minimum absolute atomic E-state index is 0.433. The summed E-state index contributed by atoms with van der Waals surface area (Å²) >= 11 is 0. The molecular formula is C11H18F4O5S. The quantitative estimate of drug-likeness (QED) is 0.319. The van der Waals surface area contributed by atoms with Crippen LogP contribution in [-0.4, -0.2) is 36.7 Å². The van der Waals surface area contributed by atoms with E-state index in [-0.39, 0.29) is 0 Å². The molecule has 0 aliphatic carbocycles. The van der Waals surface area contributed by atoms with Gasteiger partial charge in [-0.1, -0.05) is 6.92 Å². The Labute approximate surface area is 120 Å². The molecule has 1 N–H and O–H groups in total. The van der Waals surface area contributed by atoms with Crippen molar-refractivity contribution < 1.29 is 40.1 Å². The van der Waals surface area contributed by atoms with E-state index in [1.165, 1.54) is 0 Å². The van der Waals surface area contributed by atoms with E-state index < -0.39 is 52.1 Å². The van der Waals surface area contributed by atoms with Crippen LogP contribution in [0.1, 0.15) is 40.0 Å². The largest absolute Gasteiger partial charge is 0.465 e. The van der Waals surface area contributed by atoms with Crippen LogP contribution in [0.25, 0.3) is 0 Å². The van der Waals surface area contributed by atoms with E-state index in [4.69, 9.17) is 4.55 Å². The zero-order valence-corrected chi connectivity index (χ0v) is 12.6. The van der Waals surface area contributed by atoms with Crippen molar-refractivity contribution in [1.82, 2.24) is 0 Å². The van der Waals surface area contributed by atoms with Gasteiger partial charge in [0, 0.05) is 6.42 Å². The van der Waals surface area contributed by atoms with Crippen molar-refractivity contribution in [2.75, 3.05) is 6.61 Å². The van der Waals surface area contributed by atoms with Gasteiger partial charge in [0.1, 0.15) is 0 Å². The molecule has 0 aliphatic heterocycles. The first-order valence-corrected chi connectivity index (χ1v) is 7.53. The van der Waals surface area contributed by atoms with Crippen molar-refractivity contribution in [1.29, 1.82) is 0 Å². The van der Waals surface area contributed by atoms with Gasteiger partial charge in [-0.15, -0.1) is 0 Å². The minimum atomic E-state index is -6.23. The average Bonchev–Trinajstić information content (AvgIpc) is 2.32. The zero-order chi connectivity index (χ0) is 17.1. The Hall–Kier alpha value is -0.900. The highest BCUT2D eigenvalue weighted by Gasteiger charge is 2.64. The molecule has 0 unspecified atom stereocenters. The number of alkyl halides is 4. The third-order valence-corrected chi connectivity index (χ3v) is 4.00. The van der Waals surface area contributed by atoms with Crippen LogP contribution in [0.5, 0.6) is 0 Å². The summed E-state index contributed by atoms with van der Waals surface area (Å²) in [5, 5.41) is -5.59. The van der Waals surface area contributed by atoms with Gasteiger partial charge in [0.25, 0.3) is 0 Å². The van der Waals surface area contributed by atoms with E-state index in [2.05, 4.69) is 4.74 Å². The van der Waals surface area contributed by atoms with E-state index >= 15 is 0 Å². The lowest BCUT2D eigenvalue weighted by Gasteiger charge is -2.24. The Bertz CT molecular complexity index is 473. The van der Waals surface area contributed by atoms with Crippen LogP contribution in [0.2, 0.25) is 0 Å². The Morgan fingerprint density at radius 1 is 1.19 bits per heavy atom. The van der Waals surface area contributed by atoms with Crippen LogP contribution in [0.4, 0.5) is 17.6 Å². The minimum Gasteiger partial charge on any atom is -0.465 e. The lowest BCUT2D eigenvalue weighted by molar-refractivity contribution is -0.169. The van der Waals surface area contributed by atoms with E-state index in [9.17, 15) is 30.8 Å². The fraction of sp³-hybridized carbons (Fsp3) is 0.909. The van der Waals surface area contributed by atoms with Gasteiger partial charge in [-0.3, -0.25) is 9.35 Å². The van der Waals surface area contributed by atoms with Crippen LogP contribution in [-0.2, 0) is 19.6 Å². The molecule has 0 fully saturated rings. The van der Waals surface area contributed by atoms with Crippen molar-refractivity contribution in [2.45, 2.75) is 51.2 Å². The molecule has 21 heavy (non-hydrogen) atoms. The summed E-state index contributed by atoms with van der Waals surface area (Å²) in [7, 11) is -6.23. The second kappa shape index (κ2) is 6.47. The van der Waals surface area contributed by atoms with Crippen LogP contribution < -0.4 is 0 Å². The lowest BCUT2D eigenvalue weighted by atomic mass is 9.91. The topological polar surface area (TPSA) is 80.7 Å². The third kappa shape index (κ3) is 4.80. The molecule has 0 atom stereocenters. The summed E-state index contributed by atoms with van der Waals surface area (Å²) in [5.41, 5.74) is -0.832. The van der Waals surface area contributed by atoms with Gasteiger partial charge in [0.15, 0.2) is 0 Å². The number of carbonyl (C=O) groups excluding carboxylic acids is 1. The van der Waals surface area contributed by atoms with Gasteiger partial charge < -0.3 is 4.74 Å². The van der Waals surface area contributed by atoms with Crippen molar-refractivity contribution in [3.05, 3.63) is 0 Å². The highest BCUT2D eigenvalue weighted by atomic mass is 32.2. The second-order valence-electron chi connectivity index (χ2n) is 5.17. The van der Waals surface area contributed by atoms with E-state index in [0.717, 1.165) is 0 Å². The van der Waals surface area contributed by atoms with E-state index in [1.807, 2.05) is 0 Å². The van der Waals surface area contributed by atoms with Gasteiger partial charge >= 0.3 is 27.3 Å². The first kappa shape index (κ1) is 20.1. The summed E-state index contributed by atoms with van der Waals surface area (Å²) in [5.74, 6) is -5.64. The maximum absolute atomic E-state index is 13.1. The van der Waals surface area contributed by atoms with Crippen molar-refractivity contribution in [3.63, 3.8) is 0 Å². The van der Waals surface area contributed by atoms with Crippen molar-refractivity contribution >= 4 is 16.1 Å². The third-order valence-electron chi connectivity index (χ3n) is 3.05. The van der Waals surface area contributed by atoms with E-state index in [0.29, 0.717) is 6.42 Å². The molecule has 0 bridgehead atoms. The number of esters is 1. The smallest absolute Gasteiger partial charge is 0.431 e. The molecule has 0 saturated carbocycles. The summed E-state index contributed by atoms with van der Waals surface area (Å²) in [6, 6.07) is 0. The molecule has 0 heterocycles. The average molecular weight is 338 g/mol. The van der Waals surface area contributed by atoms with Gasteiger partial charge in [0.05, 0.1) is 12.0 Å². The van der Waals surface area contributed by atoms with Crippen LogP contribution >= 0.6 is 0 Å². The van der Waals surface area contributed by atoms with Crippen molar-refractivity contribution in [2.24, 2.45) is 5.41 Å². The summed E-state index contributed by atoms with van der Waals surface area (Å²) in [6.45, 7) is 4.29. The van der Waals surface area contributed by atoms with Crippen LogP contribution in [0.15, 0.2) is 0 Å². The maximum Gasteiger partial charge on any atom is 0.431 e. The number of halogens is 4. The fourth-order valence-electron chi connectivity index (χ4n) is 1.13. The number of hydrogen-bond acceptors (Lipinski definition) is 4. The Morgan fingerprint density at radius 2 is 1.67 bits per heavy atom. The first-order chi connectivity index (χ1) is 9.19. The normalized spacial score (nSPS) is 14.1.